The monoisotopic (exact) mass is 278 g/mol. The second-order valence-corrected chi connectivity index (χ2v) is 4.84. The number of methoxy groups -OCH3 is 1. The van der Waals surface area contributed by atoms with Gasteiger partial charge in [0.2, 0.25) is 0 Å². The normalized spacial score (nSPS) is 10.2. The number of ether oxygens (including phenoxy) is 1. The van der Waals surface area contributed by atoms with E-state index in [1.807, 2.05) is 0 Å². The van der Waals surface area contributed by atoms with Crippen molar-refractivity contribution < 1.29 is 19.0 Å². The van der Waals surface area contributed by atoms with Gasteiger partial charge in [-0.05, 0) is 36.4 Å². The lowest BCUT2D eigenvalue weighted by atomic mass is 10.2. The molecule has 0 heterocycles. The Kier molecular flexibility index (Phi) is 4.06. The summed E-state index contributed by atoms with van der Waals surface area (Å²) in [4.78, 5) is 11.9. The number of aromatic carboxylic acids is 1. The smallest absolute Gasteiger partial charge is 0.335 e. The fraction of sp³-hybridized carbons (Fsp3) is 0.0714. The van der Waals surface area contributed by atoms with Crippen LogP contribution in [0.5, 0.6) is 5.75 Å². The topological polar surface area (TPSA) is 46.5 Å². The van der Waals surface area contributed by atoms with Crippen molar-refractivity contribution >= 4 is 17.7 Å². The third-order valence-electron chi connectivity index (χ3n) is 2.47. The van der Waals surface area contributed by atoms with Gasteiger partial charge in [-0.25, -0.2) is 9.18 Å². The number of benzene rings is 2. The standard InChI is InChI=1S/C14H11FO3S/c1-18-10-4-7-13(12(15)8-10)19-11-5-2-9(3-6-11)14(16)17/h2-8H,1H3,(H,16,17). The van der Waals surface area contributed by atoms with Crippen molar-refractivity contribution in [3.8, 4) is 5.75 Å². The van der Waals surface area contributed by atoms with Crippen LogP contribution in [-0.4, -0.2) is 18.2 Å². The van der Waals surface area contributed by atoms with Gasteiger partial charge in [-0.3, -0.25) is 0 Å². The molecule has 0 saturated heterocycles. The zero-order chi connectivity index (χ0) is 13.8. The fourth-order valence-corrected chi connectivity index (χ4v) is 2.30. The van der Waals surface area contributed by atoms with E-state index < -0.39 is 5.97 Å². The van der Waals surface area contributed by atoms with E-state index in [1.54, 1.807) is 24.3 Å². The number of carboxylic acid groups (broad SMARTS) is 1. The first-order valence-corrected chi connectivity index (χ1v) is 6.26. The summed E-state index contributed by atoms with van der Waals surface area (Å²) in [5, 5.41) is 8.79. The predicted molar refractivity (Wildman–Crippen MR) is 70.5 cm³/mol. The van der Waals surface area contributed by atoms with Crippen LogP contribution in [0.3, 0.4) is 0 Å². The molecule has 0 amide bonds. The van der Waals surface area contributed by atoms with E-state index >= 15 is 0 Å². The molecule has 0 atom stereocenters. The Bertz CT molecular complexity index is 596. The molecule has 19 heavy (non-hydrogen) atoms. The maximum Gasteiger partial charge on any atom is 0.335 e. The third-order valence-corrected chi connectivity index (χ3v) is 3.53. The zero-order valence-electron chi connectivity index (χ0n) is 10.1. The fourth-order valence-electron chi connectivity index (χ4n) is 1.48. The second-order valence-electron chi connectivity index (χ2n) is 3.73. The van der Waals surface area contributed by atoms with Crippen LogP contribution in [0.1, 0.15) is 10.4 Å². The van der Waals surface area contributed by atoms with E-state index in [4.69, 9.17) is 9.84 Å². The lowest BCUT2D eigenvalue weighted by Crippen LogP contribution is -1.94. The van der Waals surface area contributed by atoms with Gasteiger partial charge < -0.3 is 9.84 Å². The summed E-state index contributed by atoms with van der Waals surface area (Å²) in [5.74, 6) is -0.887. The van der Waals surface area contributed by atoms with E-state index in [1.165, 1.54) is 37.1 Å². The minimum atomic E-state index is -0.979. The van der Waals surface area contributed by atoms with Crippen LogP contribution in [-0.2, 0) is 0 Å². The first kappa shape index (κ1) is 13.4. The number of hydrogen-bond acceptors (Lipinski definition) is 3. The Morgan fingerprint density at radius 2 is 1.89 bits per heavy atom. The molecule has 0 aliphatic heterocycles. The van der Waals surface area contributed by atoms with E-state index in [-0.39, 0.29) is 11.4 Å². The lowest BCUT2D eigenvalue weighted by Gasteiger charge is -2.05. The molecular weight excluding hydrogens is 267 g/mol. The number of carbonyl (C=O) groups is 1. The molecule has 0 saturated carbocycles. The van der Waals surface area contributed by atoms with Gasteiger partial charge in [0, 0.05) is 15.9 Å². The summed E-state index contributed by atoms with van der Waals surface area (Å²) < 4.78 is 18.7. The van der Waals surface area contributed by atoms with Crippen LogP contribution in [0.2, 0.25) is 0 Å². The van der Waals surface area contributed by atoms with Gasteiger partial charge in [-0.1, -0.05) is 11.8 Å². The quantitative estimate of drug-likeness (QED) is 0.926. The van der Waals surface area contributed by atoms with Crippen molar-refractivity contribution in [1.82, 2.24) is 0 Å². The SMILES string of the molecule is COc1ccc(Sc2ccc(C(=O)O)cc2)c(F)c1. The molecule has 0 aliphatic rings. The van der Waals surface area contributed by atoms with Gasteiger partial charge >= 0.3 is 5.97 Å². The van der Waals surface area contributed by atoms with Crippen molar-refractivity contribution in [2.45, 2.75) is 9.79 Å². The molecule has 2 aromatic rings. The van der Waals surface area contributed by atoms with Crippen LogP contribution in [0.25, 0.3) is 0 Å². The van der Waals surface area contributed by atoms with Crippen molar-refractivity contribution in [1.29, 1.82) is 0 Å². The molecule has 2 aromatic carbocycles. The molecule has 0 spiro atoms. The Labute approximate surface area is 114 Å². The Balaban J connectivity index is 2.19. The number of hydrogen-bond donors (Lipinski definition) is 1. The summed E-state index contributed by atoms with van der Waals surface area (Å²) >= 11 is 1.23. The molecule has 2 rings (SSSR count). The van der Waals surface area contributed by atoms with E-state index in [9.17, 15) is 9.18 Å². The summed E-state index contributed by atoms with van der Waals surface area (Å²) in [6, 6.07) is 10.9. The van der Waals surface area contributed by atoms with Crippen LogP contribution in [0.15, 0.2) is 52.3 Å². The highest BCUT2D eigenvalue weighted by atomic mass is 32.2. The molecule has 0 aliphatic carbocycles. The Hall–Kier alpha value is -2.01. The van der Waals surface area contributed by atoms with Gasteiger partial charge in [-0.2, -0.15) is 0 Å². The molecule has 98 valence electrons. The van der Waals surface area contributed by atoms with Crippen LogP contribution in [0, 0.1) is 5.82 Å². The van der Waals surface area contributed by atoms with Crippen molar-refractivity contribution in [3.63, 3.8) is 0 Å². The molecular formula is C14H11FO3S. The molecule has 0 radical (unpaired) electrons. The number of rotatable bonds is 4. The third kappa shape index (κ3) is 3.26. The summed E-state index contributed by atoms with van der Waals surface area (Å²) in [6.07, 6.45) is 0. The molecule has 0 unspecified atom stereocenters. The Morgan fingerprint density at radius 3 is 2.42 bits per heavy atom. The minimum absolute atomic E-state index is 0.208. The summed E-state index contributed by atoms with van der Waals surface area (Å²) in [5.41, 5.74) is 0.208. The van der Waals surface area contributed by atoms with Crippen LogP contribution in [0.4, 0.5) is 4.39 Å². The minimum Gasteiger partial charge on any atom is -0.497 e. The van der Waals surface area contributed by atoms with Crippen molar-refractivity contribution in [3.05, 3.63) is 53.8 Å². The number of halogens is 1. The molecule has 1 N–H and O–H groups in total. The average Bonchev–Trinajstić information content (AvgIpc) is 2.41. The van der Waals surface area contributed by atoms with Gasteiger partial charge in [0.25, 0.3) is 0 Å². The Morgan fingerprint density at radius 1 is 1.21 bits per heavy atom. The van der Waals surface area contributed by atoms with E-state index in [0.717, 1.165) is 4.90 Å². The van der Waals surface area contributed by atoms with E-state index in [0.29, 0.717) is 10.6 Å². The average molecular weight is 278 g/mol. The van der Waals surface area contributed by atoms with E-state index in [2.05, 4.69) is 0 Å². The predicted octanol–water partition coefficient (Wildman–Crippen LogP) is 3.68. The first-order chi connectivity index (χ1) is 9.10. The van der Waals surface area contributed by atoms with Crippen molar-refractivity contribution in [2.75, 3.05) is 7.11 Å². The largest absolute Gasteiger partial charge is 0.497 e. The summed E-state index contributed by atoms with van der Waals surface area (Å²) in [7, 11) is 1.48. The van der Waals surface area contributed by atoms with Gasteiger partial charge in [0.1, 0.15) is 11.6 Å². The maximum atomic E-state index is 13.7. The van der Waals surface area contributed by atoms with Crippen LogP contribution >= 0.6 is 11.8 Å². The highest BCUT2D eigenvalue weighted by Crippen LogP contribution is 2.31. The van der Waals surface area contributed by atoms with Gasteiger partial charge in [0.15, 0.2) is 0 Å². The zero-order valence-corrected chi connectivity index (χ0v) is 10.9. The maximum absolute atomic E-state index is 13.7. The molecule has 0 bridgehead atoms. The van der Waals surface area contributed by atoms with Crippen molar-refractivity contribution in [2.24, 2.45) is 0 Å². The highest BCUT2D eigenvalue weighted by Gasteiger charge is 2.07. The number of carboxylic acids is 1. The lowest BCUT2D eigenvalue weighted by molar-refractivity contribution is 0.0697. The summed E-state index contributed by atoms with van der Waals surface area (Å²) in [6.45, 7) is 0. The van der Waals surface area contributed by atoms with Gasteiger partial charge in [-0.15, -0.1) is 0 Å². The molecule has 3 nitrogen and oxygen atoms in total. The molecule has 0 aromatic heterocycles. The molecule has 0 fully saturated rings. The first-order valence-electron chi connectivity index (χ1n) is 5.45. The van der Waals surface area contributed by atoms with Gasteiger partial charge in [0.05, 0.1) is 12.7 Å². The molecule has 5 heteroatoms. The highest BCUT2D eigenvalue weighted by molar-refractivity contribution is 7.99. The second kappa shape index (κ2) is 5.75. The van der Waals surface area contributed by atoms with Crippen LogP contribution < -0.4 is 4.74 Å².